The summed E-state index contributed by atoms with van der Waals surface area (Å²) >= 11 is 4.74. The number of furan rings is 1. The van der Waals surface area contributed by atoms with Gasteiger partial charge in [-0.25, -0.2) is 0 Å². The molecule has 0 spiro atoms. The molecule has 96 valence electrons. The van der Waals surface area contributed by atoms with Crippen molar-refractivity contribution in [1.29, 1.82) is 0 Å². The zero-order valence-corrected chi connectivity index (χ0v) is 13.1. The lowest BCUT2D eigenvalue weighted by Gasteiger charge is -1.95. The zero-order chi connectivity index (χ0) is 13.2. The summed E-state index contributed by atoms with van der Waals surface area (Å²) < 4.78 is 6.23. The first-order chi connectivity index (χ1) is 9.22. The number of aromatic nitrogens is 2. The van der Waals surface area contributed by atoms with E-state index in [0.29, 0.717) is 20.8 Å². The molecule has 0 saturated heterocycles. The first-order valence-electron chi connectivity index (χ1n) is 5.16. The van der Waals surface area contributed by atoms with Gasteiger partial charge in [-0.3, -0.25) is 10.1 Å². The van der Waals surface area contributed by atoms with Crippen LogP contribution in [0.3, 0.4) is 0 Å². The maximum absolute atomic E-state index is 11.8. The molecule has 8 heteroatoms. The van der Waals surface area contributed by atoms with Gasteiger partial charge < -0.3 is 4.42 Å². The summed E-state index contributed by atoms with van der Waals surface area (Å²) in [5.41, 5.74) is 0. The van der Waals surface area contributed by atoms with E-state index in [4.69, 9.17) is 4.42 Å². The van der Waals surface area contributed by atoms with E-state index in [1.54, 1.807) is 6.07 Å². The smallest absolute Gasteiger partial charge is 0.267 e. The van der Waals surface area contributed by atoms with Crippen molar-refractivity contribution in [1.82, 2.24) is 10.2 Å². The van der Waals surface area contributed by atoms with Crippen molar-refractivity contribution in [3.63, 3.8) is 0 Å². The van der Waals surface area contributed by atoms with Gasteiger partial charge in [0.2, 0.25) is 5.13 Å². The van der Waals surface area contributed by atoms with Crippen molar-refractivity contribution >= 4 is 56.3 Å². The maximum Gasteiger partial charge on any atom is 0.267 e. The van der Waals surface area contributed by atoms with Gasteiger partial charge in [-0.05, 0) is 46.2 Å². The maximum atomic E-state index is 11.8. The Morgan fingerprint density at radius 3 is 2.89 bits per heavy atom. The first-order valence-corrected chi connectivity index (χ1v) is 7.94. The van der Waals surface area contributed by atoms with E-state index in [1.807, 2.05) is 23.6 Å². The Morgan fingerprint density at radius 1 is 1.32 bits per heavy atom. The number of hydrogen-bond acceptors (Lipinski definition) is 6. The van der Waals surface area contributed by atoms with Gasteiger partial charge in [0.1, 0.15) is 0 Å². The molecule has 0 bridgehead atoms. The molecule has 0 aromatic carbocycles. The zero-order valence-electron chi connectivity index (χ0n) is 9.29. The van der Waals surface area contributed by atoms with Crippen molar-refractivity contribution in [2.75, 3.05) is 5.32 Å². The third kappa shape index (κ3) is 2.85. The van der Waals surface area contributed by atoms with Crippen LogP contribution in [0.1, 0.15) is 9.67 Å². The summed E-state index contributed by atoms with van der Waals surface area (Å²) in [7, 11) is 0. The molecule has 0 aliphatic heterocycles. The molecular weight excluding hydrogens is 397 g/mol. The Bertz CT molecular complexity index is 705. The molecule has 3 aromatic heterocycles. The summed E-state index contributed by atoms with van der Waals surface area (Å²) in [6, 6.07) is 7.26. The fraction of sp³-hybridized carbons (Fsp3) is 0. The monoisotopic (exact) mass is 403 g/mol. The predicted molar refractivity (Wildman–Crippen MR) is 82.6 cm³/mol. The van der Waals surface area contributed by atoms with Crippen LogP contribution in [0.2, 0.25) is 0 Å². The molecule has 0 fully saturated rings. The van der Waals surface area contributed by atoms with Gasteiger partial charge in [0, 0.05) is 0 Å². The Morgan fingerprint density at radius 2 is 2.21 bits per heavy atom. The number of halogens is 1. The number of nitrogens with one attached hydrogen (secondary N) is 1. The van der Waals surface area contributed by atoms with Gasteiger partial charge >= 0.3 is 0 Å². The highest BCUT2D eigenvalue weighted by Crippen LogP contribution is 2.28. The number of carbonyl (C=O) groups excluding carboxylic acids is 1. The molecule has 3 heterocycles. The van der Waals surface area contributed by atoms with E-state index in [-0.39, 0.29) is 5.91 Å². The number of amides is 1. The topological polar surface area (TPSA) is 68.0 Å². The SMILES string of the molecule is O=C(Nc1nnc(-c2ccc(I)o2)s1)c1cccs1. The molecule has 19 heavy (non-hydrogen) atoms. The summed E-state index contributed by atoms with van der Waals surface area (Å²) in [5, 5.41) is 13.6. The molecule has 0 aliphatic rings. The Balaban J connectivity index is 1.77. The van der Waals surface area contributed by atoms with Crippen LogP contribution in [0.5, 0.6) is 0 Å². The van der Waals surface area contributed by atoms with Crippen LogP contribution in [0.4, 0.5) is 5.13 Å². The Hall–Kier alpha value is -1.26. The molecule has 0 aliphatic carbocycles. The molecule has 3 aromatic rings. The Kier molecular flexibility index (Phi) is 3.62. The van der Waals surface area contributed by atoms with Crippen LogP contribution < -0.4 is 5.32 Å². The lowest BCUT2D eigenvalue weighted by atomic mass is 10.4. The molecule has 5 nitrogen and oxygen atoms in total. The highest BCUT2D eigenvalue weighted by molar-refractivity contribution is 14.1. The number of anilines is 1. The van der Waals surface area contributed by atoms with Crippen molar-refractivity contribution in [3.05, 3.63) is 38.3 Å². The lowest BCUT2D eigenvalue weighted by Crippen LogP contribution is -2.09. The third-order valence-corrected chi connectivity index (χ3v) is 4.48. The second-order valence-electron chi connectivity index (χ2n) is 3.45. The number of hydrogen-bond donors (Lipinski definition) is 1. The molecule has 0 atom stereocenters. The minimum atomic E-state index is -0.174. The summed E-state index contributed by atoms with van der Waals surface area (Å²) in [6.07, 6.45) is 0. The van der Waals surface area contributed by atoms with Crippen molar-refractivity contribution in [2.45, 2.75) is 0 Å². The van der Waals surface area contributed by atoms with E-state index in [1.165, 1.54) is 22.7 Å². The highest BCUT2D eigenvalue weighted by Gasteiger charge is 2.13. The number of nitrogens with zero attached hydrogens (tertiary/aromatic N) is 2. The molecule has 0 radical (unpaired) electrons. The Labute approximate surface area is 129 Å². The summed E-state index contributed by atoms with van der Waals surface area (Å²) in [5.74, 6) is 0.477. The minimum Gasteiger partial charge on any atom is -0.448 e. The average Bonchev–Trinajstić information content (AvgIpc) is 3.07. The van der Waals surface area contributed by atoms with Crippen LogP contribution in [-0.4, -0.2) is 16.1 Å². The van der Waals surface area contributed by atoms with Crippen LogP contribution in [0.15, 0.2) is 34.1 Å². The van der Waals surface area contributed by atoms with Crippen LogP contribution in [0.25, 0.3) is 10.8 Å². The summed E-state index contributed by atoms with van der Waals surface area (Å²) in [4.78, 5) is 12.5. The average molecular weight is 403 g/mol. The predicted octanol–water partition coefficient (Wildman–Crippen LogP) is 3.72. The van der Waals surface area contributed by atoms with Crippen LogP contribution in [0, 0.1) is 3.77 Å². The quantitative estimate of drug-likeness (QED) is 0.677. The molecule has 1 amide bonds. The lowest BCUT2D eigenvalue weighted by molar-refractivity contribution is 0.103. The second-order valence-corrected chi connectivity index (χ2v) is 6.44. The van der Waals surface area contributed by atoms with Gasteiger partial charge in [0.15, 0.2) is 14.5 Å². The standard InChI is InChI=1S/C11H6IN3O2S2/c12-8-4-3-6(17-8)10-14-15-11(19-10)13-9(16)7-2-1-5-18-7/h1-5H,(H,13,15,16). The van der Waals surface area contributed by atoms with Crippen molar-refractivity contribution in [2.24, 2.45) is 0 Å². The van der Waals surface area contributed by atoms with Gasteiger partial charge in [0.05, 0.1) is 4.88 Å². The normalized spacial score (nSPS) is 10.6. The highest BCUT2D eigenvalue weighted by atomic mass is 127. The molecular formula is C11H6IN3O2S2. The van der Waals surface area contributed by atoms with Crippen molar-refractivity contribution in [3.8, 4) is 10.8 Å². The van der Waals surface area contributed by atoms with Gasteiger partial charge in [-0.15, -0.1) is 21.5 Å². The van der Waals surface area contributed by atoms with Gasteiger partial charge in [0.25, 0.3) is 5.91 Å². The number of rotatable bonds is 3. The van der Waals surface area contributed by atoms with E-state index in [2.05, 4.69) is 38.1 Å². The van der Waals surface area contributed by atoms with Crippen LogP contribution >= 0.6 is 45.3 Å². The minimum absolute atomic E-state index is 0.174. The molecule has 3 rings (SSSR count). The molecule has 0 saturated carbocycles. The van der Waals surface area contributed by atoms with E-state index >= 15 is 0 Å². The molecule has 1 N–H and O–H groups in total. The van der Waals surface area contributed by atoms with Crippen LogP contribution in [-0.2, 0) is 0 Å². The van der Waals surface area contributed by atoms with E-state index in [9.17, 15) is 4.79 Å². The third-order valence-electron chi connectivity index (χ3n) is 2.17. The fourth-order valence-corrected chi connectivity index (χ4v) is 3.11. The summed E-state index contributed by atoms with van der Waals surface area (Å²) in [6.45, 7) is 0. The number of carbonyl (C=O) groups is 1. The van der Waals surface area contributed by atoms with Crippen molar-refractivity contribution < 1.29 is 9.21 Å². The van der Waals surface area contributed by atoms with Gasteiger partial charge in [-0.2, -0.15) is 0 Å². The van der Waals surface area contributed by atoms with E-state index < -0.39 is 0 Å². The second kappa shape index (κ2) is 5.39. The fourth-order valence-electron chi connectivity index (χ4n) is 1.37. The largest absolute Gasteiger partial charge is 0.448 e. The van der Waals surface area contributed by atoms with E-state index in [0.717, 1.165) is 3.77 Å². The molecule has 0 unspecified atom stereocenters. The number of thiophene rings is 1. The van der Waals surface area contributed by atoms with Gasteiger partial charge in [-0.1, -0.05) is 17.4 Å². The first kappa shape index (κ1) is 12.8.